The fourth-order valence-electron chi connectivity index (χ4n) is 1.88. The normalized spacial score (nSPS) is 20.7. The van der Waals surface area contributed by atoms with E-state index < -0.39 is 0 Å². The van der Waals surface area contributed by atoms with Crippen molar-refractivity contribution in [2.45, 2.75) is 39.5 Å². The molecule has 0 fully saturated rings. The van der Waals surface area contributed by atoms with Crippen LogP contribution in [0.3, 0.4) is 0 Å². The Morgan fingerprint density at radius 2 is 2.27 bits per heavy atom. The first kappa shape index (κ1) is 12.1. The zero-order valence-corrected chi connectivity index (χ0v) is 9.62. The highest BCUT2D eigenvalue weighted by atomic mass is 16.5. The molecule has 0 aromatic rings. The van der Waals surface area contributed by atoms with Gasteiger partial charge in [-0.15, -0.1) is 0 Å². The van der Waals surface area contributed by atoms with Gasteiger partial charge in [0.25, 0.3) is 0 Å². The summed E-state index contributed by atoms with van der Waals surface area (Å²) >= 11 is 0. The van der Waals surface area contributed by atoms with Gasteiger partial charge in [0.15, 0.2) is 0 Å². The lowest BCUT2D eigenvalue weighted by Crippen LogP contribution is -2.17. The topological polar surface area (TPSA) is 35.5 Å². The SMILES string of the molecule is CCOC(=O)C[C@@H]1CCCC=C1OCC. The molecule has 1 rings (SSSR count). The molecular weight excluding hydrogens is 192 g/mol. The minimum atomic E-state index is -0.116. The third kappa shape index (κ3) is 3.94. The Morgan fingerprint density at radius 3 is 2.93 bits per heavy atom. The second kappa shape index (κ2) is 6.49. The fourth-order valence-corrected chi connectivity index (χ4v) is 1.88. The van der Waals surface area contributed by atoms with Crippen LogP contribution in [-0.2, 0) is 14.3 Å². The molecule has 0 heterocycles. The molecule has 15 heavy (non-hydrogen) atoms. The first-order valence-electron chi connectivity index (χ1n) is 5.76. The van der Waals surface area contributed by atoms with Crippen molar-refractivity contribution < 1.29 is 14.3 Å². The lowest BCUT2D eigenvalue weighted by molar-refractivity contribution is -0.144. The summed E-state index contributed by atoms with van der Waals surface area (Å²) in [6, 6.07) is 0. The van der Waals surface area contributed by atoms with Crippen LogP contribution in [0.2, 0.25) is 0 Å². The molecule has 0 spiro atoms. The summed E-state index contributed by atoms with van der Waals surface area (Å²) in [6.45, 7) is 4.93. The Labute approximate surface area is 91.4 Å². The zero-order chi connectivity index (χ0) is 11.1. The van der Waals surface area contributed by atoms with Crippen molar-refractivity contribution in [1.29, 1.82) is 0 Å². The highest BCUT2D eigenvalue weighted by molar-refractivity contribution is 5.70. The minimum absolute atomic E-state index is 0.116. The Bertz CT molecular complexity index is 233. The number of carbonyl (C=O) groups excluding carboxylic acids is 1. The molecule has 86 valence electrons. The Kier molecular flexibility index (Phi) is 5.22. The summed E-state index contributed by atoms with van der Waals surface area (Å²) in [5.41, 5.74) is 0. The monoisotopic (exact) mass is 212 g/mol. The van der Waals surface area contributed by atoms with Gasteiger partial charge >= 0.3 is 5.97 Å². The van der Waals surface area contributed by atoms with Crippen molar-refractivity contribution in [3.63, 3.8) is 0 Å². The molecule has 1 aliphatic carbocycles. The molecule has 0 bridgehead atoms. The van der Waals surface area contributed by atoms with Gasteiger partial charge in [0.2, 0.25) is 0 Å². The maximum Gasteiger partial charge on any atom is 0.306 e. The summed E-state index contributed by atoms with van der Waals surface area (Å²) < 4.78 is 10.5. The zero-order valence-electron chi connectivity index (χ0n) is 9.62. The smallest absolute Gasteiger partial charge is 0.306 e. The van der Waals surface area contributed by atoms with Crippen LogP contribution in [0.15, 0.2) is 11.8 Å². The lowest BCUT2D eigenvalue weighted by Gasteiger charge is -2.23. The van der Waals surface area contributed by atoms with E-state index in [0.717, 1.165) is 25.0 Å². The lowest BCUT2D eigenvalue weighted by atomic mass is 9.91. The molecule has 1 atom stereocenters. The predicted molar refractivity (Wildman–Crippen MR) is 58.3 cm³/mol. The van der Waals surface area contributed by atoms with Crippen LogP contribution < -0.4 is 0 Å². The van der Waals surface area contributed by atoms with Crippen LogP contribution >= 0.6 is 0 Å². The van der Waals surface area contributed by atoms with Crippen LogP contribution in [0, 0.1) is 5.92 Å². The summed E-state index contributed by atoms with van der Waals surface area (Å²) in [5.74, 6) is 1.10. The van der Waals surface area contributed by atoms with E-state index in [9.17, 15) is 4.79 Å². The fraction of sp³-hybridized carbons (Fsp3) is 0.750. The average Bonchev–Trinajstić information content (AvgIpc) is 2.21. The van der Waals surface area contributed by atoms with Gasteiger partial charge in [0.05, 0.1) is 25.4 Å². The van der Waals surface area contributed by atoms with Gasteiger partial charge in [-0.3, -0.25) is 4.79 Å². The number of carbonyl (C=O) groups is 1. The quantitative estimate of drug-likeness (QED) is 0.657. The van der Waals surface area contributed by atoms with Gasteiger partial charge in [-0.2, -0.15) is 0 Å². The van der Waals surface area contributed by atoms with E-state index in [2.05, 4.69) is 6.08 Å². The van der Waals surface area contributed by atoms with Crippen molar-refractivity contribution in [3.8, 4) is 0 Å². The number of rotatable bonds is 5. The van der Waals surface area contributed by atoms with E-state index in [4.69, 9.17) is 9.47 Å². The number of allylic oxidation sites excluding steroid dienone is 2. The minimum Gasteiger partial charge on any atom is -0.498 e. The second-order valence-electron chi connectivity index (χ2n) is 3.68. The van der Waals surface area contributed by atoms with Crippen LogP contribution in [0.5, 0.6) is 0 Å². The van der Waals surface area contributed by atoms with E-state index in [-0.39, 0.29) is 11.9 Å². The molecule has 0 amide bonds. The van der Waals surface area contributed by atoms with Crippen LogP contribution in [0.1, 0.15) is 39.5 Å². The van der Waals surface area contributed by atoms with Gasteiger partial charge in [-0.05, 0) is 39.2 Å². The van der Waals surface area contributed by atoms with E-state index in [0.29, 0.717) is 19.6 Å². The molecular formula is C12H20O3. The third-order valence-electron chi connectivity index (χ3n) is 2.53. The van der Waals surface area contributed by atoms with Crippen molar-refractivity contribution in [3.05, 3.63) is 11.8 Å². The standard InChI is InChI=1S/C12H20O3/c1-3-14-11-8-6-5-7-10(11)9-12(13)15-4-2/h8,10H,3-7,9H2,1-2H3/t10-/m0/s1. The number of ether oxygens (including phenoxy) is 2. The maximum atomic E-state index is 11.4. The molecule has 0 aromatic heterocycles. The number of esters is 1. The predicted octanol–water partition coefficient (Wildman–Crippen LogP) is 2.66. The molecule has 1 aliphatic rings. The largest absolute Gasteiger partial charge is 0.498 e. The van der Waals surface area contributed by atoms with Gasteiger partial charge in [-0.25, -0.2) is 0 Å². The van der Waals surface area contributed by atoms with Crippen molar-refractivity contribution in [1.82, 2.24) is 0 Å². The highest BCUT2D eigenvalue weighted by Crippen LogP contribution is 2.28. The molecule has 0 N–H and O–H groups in total. The van der Waals surface area contributed by atoms with E-state index in [1.807, 2.05) is 13.8 Å². The number of hydrogen-bond acceptors (Lipinski definition) is 3. The van der Waals surface area contributed by atoms with E-state index in [1.54, 1.807) is 0 Å². The number of hydrogen-bond donors (Lipinski definition) is 0. The Morgan fingerprint density at radius 1 is 1.47 bits per heavy atom. The van der Waals surface area contributed by atoms with Crippen LogP contribution in [0.4, 0.5) is 0 Å². The van der Waals surface area contributed by atoms with Gasteiger partial charge in [-0.1, -0.05) is 0 Å². The molecule has 0 aliphatic heterocycles. The van der Waals surface area contributed by atoms with Crippen molar-refractivity contribution >= 4 is 5.97 Å². The third-order valence-corrected chi connectivity index (χ3v) is 2.53. The summed E-state index contributed by atoms with van der Waals surface area (Å²) in [5, 5.41) is 0. The average molecular weight is 212 g/mol. The first-order chi connectivity index (χ1) is 7.27. The van der Waals surface area contributed by atoms with E-state index >= 15 is 0 Å². The summed E-state index contributed by atoms with van der Waals surface area (Å²) in [7, 11) is 0. The molecule has 0 aromatic carbocycles. The molecule has 3 heteroatoms. The van der Waals surface area contributed by atoms with Crippen molar-refractivity contribution in [2.75, 3.05) is 13.2 Å². The highest BCUT2D eigenvalue weighted by Gasteiger charge is 2.22. The first-order valence-corrected chi connectivity index (χ1v) is 5.76. The Balaban J connectivity index is 2.47. The van der Waals surface area contributed by atoms with E-state index in [1.165, 1.54) is 0 Å². The Hall–Kier alpha value is -0.990. The maximum absolute atomic E-state index is 11.4. The van der Waals surface area contributed by atoms with Crippen LogP contribution in [0.25, 0.3) is 0 Å². The molecule has 0 unspecified atom stereocenters. The summed E-state index contributed by atoms with van der Waals surface area (Å²) in [4.78, 5) is 11.4. The van der Waals surface area contributed by atoms with Crippen LogP contribution in [-0.4, -0.2) is 19.2 Å². The van der Waals surface area contributed by atoms with Crippen molar-refractivity contribution in [2.24, 2.45) is 5.92 Å². The van der Waals surface area contributed by atoms with Gasteiger partial charge in [0.1, 0.15) is 0 Å². The summed E-state index contributed by atoms with van der Waals surface area (Å²) in [6.07, 6.45) is 5.80. The molecule has 3 nitrogen and oxygen atoms in total. The van der Waals surface area contributed by atoms with Gasteiger partial charge in [0, 0.05) is 5.92 Å². The molecule has 0 radical (unpaired) electrons. The molecule has 0 saturated carbocycles. The molecule has 0 saturated heterocycles. The second-order valence-corrected chi connectivity index (χ2v) is 3.68. The van der Waals surface area contributed by atoms with Gasteiger partial charge < -0.3 is 9.47 Å².